The van der Waals surface area contributed by atoms with Crippen molar-refractivity contribution in [2.75, 3.05) is 40.3 Å². The number of rotatable bonds is 20. The molecule has 2 heterocycles. The molecule has 0 spiro atoms. The molecule has 0 saturated carbocycles. The van der Waals surface area contributed by atoms with Crippen molar-refractivity contribution in [3.63, 3.8) is 0 Å². The second-order valence-corrected chi connectivity index (χ2v) is 19.5. The molecule has 386 valence electrons. The summed E-state index contributed by atoms with van der Waals surface area (Å²) in [7, 11) is 3.27. The lowest BCUT2D eigenvalue weighted by Crippen LogP contribution is -2.56. The van der Waals surface area contributed by atoms with Crippen LogP contribution < -0.4 is 42.5 Å². The zero-order valence-electron chi connectivity index (χ0n) is 42.0. The Morgan fingerprint density at radius 1 is 0.542 bits per heavy atom. The van der Waals surface area contributed by atoms with Gasteiger partial charge in [-0.25, -0.2) is 0 Å². The standard InChI is InChI=1S/C54H72N10O8/c1-33(55-3)47(65)61-43(53(71)63-30-12-24-45(63)51(69)59-41-22-10-16-35-14-5-7-20-39(35)41)26-28-57-49(67)37-18-9-19-38(32-37)50(68)58-29-27-44(62-48(66)34(2)56-4)54(72)64-31-13-25-46(64)52(70)60-42-23-11-17-36-15-6-8-21-40(36)42/h5-9,14-15,18-21,32-34,41-46,55-56H,10-13,16-17,22-31H2,1-4H3,(H,57,67)(H,58,68)(H,59,69)(H,60,70)(H,61,65)(H,62,66). The van der Waals surface area contributed by atoms with E-state index in [1.165, 1.54) is 27.0 Å². The number of likely N-dealkylation sites (N-methyl/N-ethyl adjacent to an activating group) is 2. The van der Waals surface area contributed by atoms with Gasteiger partial charge in [0.05, 0.1) is 24.2 Å². The average Bonchev–Trinajstić information content (AvgIpc) is 4.11. The number of hydrogen-bond acceptors (Lipinski definition) is 10. The molecule has 3 aromatic rings. The van der Waals surface area contributed by atoms with Crippen LogP contribution in [-0.4, -0.2) is 134 Å². The van der Waals surface area contributed by atoms with Gasteiger partial charge in [-0.15, -0.1) is 0 Å². The summed E-state index contributed by atoms with van der Waals surface area (Å²) >= 11 is 0. The van der Waals surface area contributed by atoms with Gasteiger partial charge in [0.1, 0.15) is 24.2 Å². The Morgan fingerprint density at radius 2 is 0.958 bits per heavy atom. The highest BCUT2D eigenvalue weighted by molar-refractivity contribution is 6.00. The van der Waals surface area contributed by atoms with E-state index in [4.69, 9.17) is 0 Å². The van der Waals surface area contributed by atoms with E-state index in [2.05, 4.69) is 54.7 Å². The number of aryl methyl sites for hydroxylation is 2. The molecule has 8 atom stereocenters. The van der Waals surface area contributed by atoms with Crippen LogP contribution in [0.3, 0.4) is 0 Å². The molecular weight excluding hydrogens is 917 g/mol. The third-order valence-corrected chi connectivity index (χ3v) is 14.8. The summed E-state index contributed by atoms with van der Waals surface area (Å²) in [5.74, 6) is -3.12. The van der Waals surface area contributed by atoms with Crippen LogP contribution in [0.2, 0.25) is 0 Å². The number of amides is 8. The Morgan fingerprint density at radius 3 is 1.38 bits per heavy atom. The van der Waals surface area contributed by atoms with Gasteiger partial charge in [-0.05, 0) is 145 Å². The maximum atomic E-state index is 14.2. The number of carbonyl (C=O) groups excluding carboxylic acids is 8. The van der Waals surface area contributed by atoms with E-state index in [9.17, 15) is 38.4 Å². The van der Waals surface area contributed by atoms with Crippen molar-refractivity contribution in [1.82, 2.24) is 52.3 Å². The molecule has 3 aromatic carbocycles. The van der Waals surface area contributed by atoms with Crippen LogP contribution in [0, 0.1) is 0 Å². The summed E-state index contributed by atoms with van der Waals surface area (Å²) in [6, 6.07) is 17.2. The van der Waals surface area contributed by atoms with Gasteiger partial charge in [-0.2, -0.15) is 0 Å². The molecule has 4 aliphatic rings. The van der Waals surface area contributed by atoms with Gasteiger partial charge < -0.3 is 52.3 Å². The largest absolute Gasteiger partial charge is 0.352 e. The molecule has 18 heteroatoms. The zero-order valence-corrected chi connectivity index (χ0v) is 42.0. The van der Waals surface area contributed by atoms with Crippen LogP contribution >= 0.6 is 0 Å². The molecule has 8 N–H and O–H groups in total. The number of nitrogens with zero attached hydrogens (tertiary/aromatic N) is 2. The monoisotopic (exact) mass is 989 g/mol. The lowest BCUT2D eigenvalue weighted by molar-refractivity contribution is -0.142. The van der Waals surface area contributed by atoms with E-state index in [0.29, 0.717) is 38.8 Å². The summed E-state index contributed by atoms with van der Waals surface area (Å²) in [6.45, 7) is 4.02. The summed E-state index contributed by atoms with van der Waals surface area (Å²) < 4.78 is 0. The highest BCUT2D eigenvalue weighted by atomic mass is 16.2. The van der Waals surface area contributed by atoms with Crippen molar-refractivity contribution in [3.8, 4) is 0 Å². The molecular formula is C54H72N10O8. The molecule has 0 radical (unpaired) electrons. The maximum Gasteiger partial charge on any atom is 0.251 e. The van der Waals surface area contributed by atoms with Crippen molar-refractivity contribution in [2.45, 2.75) is 139 Å². The molecule has 0 bridgehead atoms. The van der Waals surface area contributed by atoms with Gasteiger partial charge in [0.2, 0.25) is 35.4 Å². The van der Waals surface area contributed by atoms with Crippen LogP contribution in [0.25, 0.3) is 0 Å². The van der Waals surface area contributed by atoms with Gasteiger partial charge in [-0.3, -0.25) is 38.4 Å². The number of nitrogens with one attached hydrogen (secondary N) is 8. The van der Waals surface area contributed by atoms with Gasteiger partial charge in [0.25, 0.3) is 11.8 Å². The van der Waals surface area contributed by atoms with E-state index in [0.717, 1.165) is 49.7 Å². The van der Waals surface area contributed by atoms with Gasteiger partial charge >= 0.3 is 0 Å². The molecule has 8 amide bonds. The molecule has 2 aliphatic carbocycles. The Hall–Kier alpha value is -6.66. The normalized spacial score (nSPS) is 20.9. The Bertz CT molecular complexity index is 2300. The lowest BCUT2D eigenvalue weighted by atomic mass is 9.87. The van der Waals surface area contributed by atoms with E-state index in [-0.39, 0.29) is 61.0 Å². The molecule has 18 nitrogen and oxygen atoms in total. The zero-order chi connectivity index (χ0) is 51.3. The predicted molar refractivity (Wildman–Crippen MR) is 271 cm³/mol. The number of benzene rings is 3. The Balaban J connectivity index is 0.943. The fourth-order valence-electron chi connectivity index (χ4n) is 10.4. The summed E-state index contributed by atoms with van der Waals surface area (Å²) in [5.41, 5.74) is 4.96. The molecule has 72 heavy (non-hydrogen) atoms. The van der Waals surface area contributed by atoms with E-state index in [1.54, 1.807) is 46.1 Å². The van der Waals surface area contributed by atoms with Crippen molar-refractivity contribution in [2.24, 2.45) is 0 Å². The molecule has 8 unspecified atom stereocenters. The van der Waals surface area contributed by atoms with E-state index >= 15 is 0 Å². The summed E-state index contributed by atoms with van der Waals surface area (Å²) in [4.78, 5) is 112. The second kappa shape index (κ2) is 25.1. The highest BCUT2D eigenvalue weighted by Gasteiger charge is 2.41. The third-order valence-electron chi connectivity index (χ3n) is 14.8. The van der Waals surface area contributed by atoms with Crippen LogP contribution in [0.1, 0.15) is 133 Å². The van der Waals surface area contributed by atoms with Crippen LogP contribution in [0.15, 0.2) is 72.8 Å². The van der Waals surface area contributed by atoms with Crippen LogP contribution in [0.4, 0.5) is 0 Å². The average molecular weight is 989 g/mol. The van der Waals surface area contributed by atoms with Crippen molar-refractivity contribution in [3.05, 3.63) is 106 Å². The highest BCUT2D eigenvalue weighted by Crippen LogP contribution is 2.32. The fraction of sp³-hybridized carbons (Fsp3) is 0.519. The summed E-state index contributed by atoms with van der Waals surface area (Å²) in [5, 5.41) is 23.5. The molecule has 0 aromatic heterocycles. The quantitative estimate of drug-likeness (QED) is 0.0824. The first-order valence-corrected chi connectivity index (χ1v) is 25.8. The first-order valence-electron chi connectivity index (χ1n) is 25.8. The topological polar surface area (TPSA) is 239 Å². The maximum absolute atomic E-state index is 14.2. The number of hydrogen-bond donors (Lipinski definition) is 8. The molecule has 2 fully saturated rings. The van der Waals surface area contributed by atoms with Crippen molar-refractivity contribution in [1.29, 1.82) is 0 Å². The van der Waals surface area contributed by atoms with Gasteiger partial charge in [0.15, 0.2) is 0 Å². The molecule has 2 aliphatic heterocycles. The lowest BCUT2D eigenvalue weighted by Gasteiger charge is -2.32. The van der Waals surface area contributed by atoms with E-state index < -0.39 is 71.7 Å². The van der Waals surface area contributed by atoms with E-state index in [1.807, 2.05) is 36.4 Å². The van der Waals surface area contributed by atoms with Gasteiger partial charge in [-0.1, -0.05) is 54.6 Å². The third kappa shape index (κ3) is 13.1. The Labute approximate surface area is 422 Å². The minimum absolute atomic E-state index is 0.00911. The number of carbonyl (C=O) groups is 8. The molecule has 2 saturated heterocycles. The Kier molecular flexibility index (Phi) is 18.6. The first-order chi connectivity index (χ1) is 34.8. The fourth-order valence-corrected chi connectivity index (χ4v) is 10.4. The van der Waals surface area contributed by atoms with Gasteiger partial charge in [0, 0.05) is 37.3 Å². The first kappa shape index (κ1) is 53.1. The predicted octanol–water partition coefficient (Wildman–Crippen LogP) is 2.48. The SMILES string of the molecule is CNC(C)C(=O)NC(CCNC(=O)c1cccc(C(=O)NCCC(NC(=O)C(C)NC)C(=O)N2CCCC2C(=O)NC2CCCc3ccccc32)c1)C(=O)N1CCCC1C(=O)NC1CCCc2ccccc21. The van der Waals surface area contributed by atoms with Crippen LogP contribution in [0.5, 0.6) is 0 Å². The number of fused-ring (bicyclic) bond motifs is 2. The van der Waals surface area contributed by atoms with Crippen molar-refractivity contribution >= 4 is 47.3 Å². The minimum atomic E-state index is -1.04. The smallest absolute Gasteiger partial charge is 0.251 e. The summed E-state index contributed by atoms with van der Waals surface area (Å²) in [6.07, 6.45) is 7.70. The molecule has 7 rings (SSSR count). The van der Waals surface area contributed by atoms with Crippen LogP contribution in [-0.2, 0) is 41.6 Å². The minimum Gasteiger partial charge on any atom is -0.352 e. The van der Waals surface area contributed by atoms with Crippen molar-refractivity contribution < 1.29 is 38.4 Å². The number of likely N-dealkylation sites (tertiary alicyclic amines) is 2. The second-order valence-electron chi connectivity index (χ2n) is 19.5.